The van der Waals surface area contributed by atoms with Crippen LogP contribution in [-0.4, -0.2) is 30.5 Å². The van der Waals surface area contributed by atoms with E-state index in [9.17, 15) is 9.50 Å². The lowest BCUT2D eigenvalue weighted by atomic mass is 9.88. The van der Waals surface area contributed by atoms with Gasteiger partial charge in [-0.25, -0.2) is 4.39 Å². The number of aryl methyl sites for hydroxylation is 1. The topological polar surface area (TPSA) is 41.5 Å². The largest absolute Gasteiger partial charge is 0.389 e. The van der Waals surface area contributed by atoms with Gasteiger partial charge in [-0.05, 0) is 37.3 Å². The lowest BCUT2D eigenvalue weighted by molar-refractivity contribution is -0.0424. The third-order valence-corrected chi connectivity index (χ3v) is 4.27. The second-order valence-electron chi connectivity index (χ2n) is 6.10. The Labute approximate surface area is 126 Å². The molecule has 1 aromatic rings. The third kappa shape index (κ3) is 4.68. The number of ether oxygens (including phenoxy) is 1. The first-order valence-corrected chi connectivity index (χ1v) is 7.86. The van der Waals surface area contributed by atoms with E-state index in [-0.39, 0.29) is 11.9 Å². The Morgan fingerprint density at radius 1 is 1.38 bits per heavy atom. The molecule has 0 amide bonds. The van der Waals surface area contributed by atoms with Crippen LogP contribution in [0.15, 0.2) is 18.2 Å². The number of rotatable bonds is 6. The number of aliphatic hydroxyl groups excluding tert-OH is 1. The monoisotopic (exact) mass is 295 g/mol. The summed E-state index contributed by atoms with van der Waals surface area (Å²) in [4.78, 5) is 0. The van der Waals surface area contributed by atoms with Gasteiger partial charge in [0.2, 0.25) is 0 Å². The molecule has 1 fully saturated rings. The van der Waals surface area contributed by atoms with Crippen LogP contribution in [0.3, 0.4) is 0 Å². The fraction of sp³-hybridized carbons (Fsp3) is 0.647. The molecule has 0 spiro atoms. The Morgan fingerprint density at radius 2 is 2.14 bits per heavy atom. The molecule has 3 nitrogen and oxygen atoms in total. The van der Waals surface area contributed by atoms with Crippen molar-refractivity contribution in [1.29, 1.82) is 0 Å². The zero-order valence-corrected chi connectivity index (χ0v) is 12.9. The lowest BCUT2D eigenvalue weighted by Gasteiger charge is -2.29. The summed E-state index contributed by atoms with van der Waals surface area (Å²) in [6, 6.07) is 4.94. The molecule has 0 aromatic heterocycles. The van der Waals surface area contributed by atoms with Crippen molar-refractivity contribution in [3.8, 4) is 0 Å². The van der Waals surface area contributed by atoms with E-state index >= 15 is 0 Å². The summed E-state index contributed by atoms with van der Waals surface area (Å²) >= 11 is 0. The maximum absolute atomic E-state index is 13.7. The van der Waals surface area contributed by atoms with Crippen LogP contribution in [0, 0.1) is 18.7 Å². The molecule has 3 atom stereocenters. The van der Waals surface area contributed by atoms with E-state index in [1.807, 2.05) is 13.0 Å². The fourth-order valence-electron chi connectivity index (χ4n) is 2.90. The van der Waals surface area contributed by atoms with E-state index in [2.05, 4.69) is 12.2 Å². The van der Waals surface area contributed by atoms with Gasteiger partial charge in [0.25, 0.3) is 0 Å². The van der Waals surface area contributed by atoms with Gasteiger partial charge in [-0.1, -0.05) is 31.9 Å². The average Bonchev–Trinajstić information content (AvgIpc) is 2.46. The molecule has 1 aromatic carbocycles. The molecule has 21 heavy (non-hydrogen) atoms. The predicted molar refractivity (Wildman–Crippen MR) is 83.0 cm³/mol. The number of aliphatic hydroxyl groups is 1. The van der Waals surface area contributed by atoms with E-state index in [0.29, 0.717) is 24.8 Å². The molecule has 0 radical (unpaired) electrons. The van der Waals surface area contributed by atoms with Crippen LogP contribution in [0.4, 0.5) is 10.1 Å². The smallest absolute Gasteiger partial charge is 0.146 e. The Balaban J connectivity index is 1.76. The standard InChI is InChI=1S/C17H26FNO2/c1-12-6-3-4-9-16(12)21-11-14(20)10-19-17-13(2)7-5-8-15(17)18/h5,7-8,12,14,16,19-20H,3-4,6,9-11H2,1-2H3. The molecule has 1 aliphatic rings. The molecule has 2 rings (SSSR count). The first-order valence-electron chi connectivity index (χ1n) is 7.86. The van der Waals surface area contributed by atoms with Gasteiger partial charge in [0.1, 0.15) is 5.82 Å². The summed E-state index contributed by atoms with van der Waals surface area (Å²) in [7, 11) is 0. The minimum Gasteiger partial charge on any atom is -0.389 e. The van der Waals surface area contributed by atoms with E-state index < -0.39 is 6.10 Å². The number of hydrogen-bond acceptors (Lipinski definition) is 3. The summed E-state index contributed by atoms with van der Waals surface area (Å²) in [5.74, 6) is 0.275. The molecule has 2 N–H and O–H groups in total. The summed E-state index contributed by atoms with van der Waals surface area (Å²) in [5, 5.41) is 13.0. The molecular weight excluding hydrogens is 269 g/mol. The number of anilines is 1. The quantitative estimate of drug-likeness (QED) is 0.844. The van der Waals surface area contributed by atoms with Crippen LogP contribution in [0.1, 0.15) is 38.2 Å². The maximum Gasteiger partial charge on any atom is 0.146 e. The highest BCUT2D eigenvalue weighted by atomic mass is 19.1. The second-order valence-corrected chi connectivity index (χ2v) is 6.10. The van der Waals surface area contributed by atoms with Crippen molar-refractivity contribution in [3.63, 3.8) is 0 Å². The van der Waals surface area contributed by atoms with Crippen molar-refractivity contribution in [2.75, 3.05) is 18.5 Å². The Hall–Kier alpha value is -1.13. The number of para-hydroxylation sites is 1. The number of benzene rings is 1. The molecular formula is C17H26FNO2. The predicted octanol–water partition coefficient (Wildman–Crippen LogP) is 3.50. The SMILES string of the molecule is Cc1cccc(F)c1NCC(O)COC1CCCCC1C. The van der Waals surface area contributed by atoms with Gasteiger partial charge < -0.3 is 15.2 Å². The van der Waals surface area contributed by atoms with Crippen molar-refractivity contribution in [2.45, 2.75) is 51.7 Å². The van der Waals surface area contributed by atoms with Crippen LogP contribution in [0.2, 0.25) is 0 Å². The van der Waals surface area contributed by atoms with Gasteiger partial charge in [0.15, 0.2) is 0 Å². The molecule has 0 heterocycles. The van der Waals surface area contributed by atoms with E-state index in [1.165, 1.54) is 25.3 Å². The van der Waals surface area contributed by atoms with Crippen molar-refractivity contribution < 1.29 is 14.2 Å². The molecule has 0 bridgehead atoms. The van der Waals surface area contributed by atoms with Crippen LogP contribution in [-0.2, 0) is 4.74 Å². The maximum atomic E-state index is 13.7. The van der Waals surface area contributed by atoms with Gasteiger partial charge in [0, 0.05) is 6.54 Å². The molecule has 3 unspecified atom stereocenters. The van der Waals surface area contributed by atoms with Crippen LogP contribution < -0.4 is 5.32 Å². The number of hydrogen-bond donors (Lipinski definition) is 2. The van der Waals surface area contributed by atoms with Crippen LogP contribution in [0.25, 0.3) is 0 Å². The fourth-order valence-corrected chi connectivity index (χ4v) is 2.90. The van der Waals surface area contributed by atoms with Crippen molar-refractivity contribution >= 4 is 5.69 Å². The highest BCUT2D eigenvalue weighted by Gasteiger charge is 2.22. The van der Waals surface area contributed by atoms with Gasteiger partial charge in [0.05, 0.1) is 24.5 Å². The molecule has 118 valence electrons. The van der Waals surface area contributed by atoms with Crippen molar-refractivity contribution in [3.05, 3.63) is 29.6 Å². The van der Waals surface area contributed by atoms with Crippen molar-refractivity contribution in [2.24, 2.45) is 5.92 Å². The summed E-state index contributed by atoms with van der Waals surface area (Å²) < 4.78 is 19.5. The highest BCUT2D eigenvalue weighted by molar-refractivity contribution is 5.51. The van der Waals surface area contributed by atoms with Crippen LogP contribution in [0.5, 0.6) is 0 Å². The summed E-state index contributed by atoms with van der Waals surface area (Å²) in [6.07, 6.45) is 4.39. The molecule has 1 saturated carbocycles. The van der Waals surface area contributed by atoms with E-state index in [1.54, 1.807) is 6.07 Å². The molecule has 4 heteroatoms. The molecule has 0 aliphatic heterocycles. The minimum absolute atomic E-state index is 0.253. The van der Waals surface area contributed by atoms with E-state index in [0.717, 1.165) is 12.0 Å². The Morgan fingerprint density at radius 3 is 2.86 bits per heavy atom. The first-order chi connectivity index (χ1) is 10.1. The second kappa shape index (κ2) is 7.76. The minimum atomic E-state index is -0.627. The van der Waals surface area contributed by atoms with Gasteiger partial charge >= 0.3 is 0 Å². The zero-order chi connectivity index (χ0) is 15.2. The third-order valence-electron chi connectivity index (χ3n) is 4.27. The average molecular weight is 295 g/mol. The van der Waals surface area contributed by atoms with E-state index in [4.69, 9.17) is 4.74 Å². The van der Waals surface area contributed by atoms with Gasteiger partial charge in [-0.15, -0.1) is 0 Å². The molecule has 1 aliphatic carbocycles. The van der Waals surface area contributed by atoms with Gasteiger partial charge in [-0.3, -0.25) is 0 Å². The lowest BCUT2D eigenvalue weighted by Crippen LogP contribution is -2.32. The Kier molecular flexibility index (Phi) is 6.00. The molecule has 0 saturated heterocycles. The summed E-state index contributed by atoms with van der Waals surface area (Å²) in [5.41, 5.74) is 1.30. The zero-order valence-electron chi connectivity index (χ0n) is 12.9. The number of halogens is 1. The first kappa shape index (κ1) is 16.2. The summed E-state index contributed by atoms with van der Waals surface area (Å²) in [6.45, 7) is 4.65. The van der Waals surface area contributed by atoms with Crippen LogP contribution >= 0.6 is 0 Å². The normalized spacial score (nSPS) is 23.8. The highest BCUT2D eigenvalue weighted by Crippen LogP contribution is 2.26. The van der Waals surface area contributed by atoms with Gasteiger partial charge in [-0.2, -0.15) is 0 Å². The Bertz CT molecular complexity index is 432. The number of nitrogens with one attached hydrogen (secondary N) is 1. The van der Waals surface area contributed by atoms with Crippen molar-refractivity contribution in [1.82, 2.24) is 0 Å².